The van der Waals surface area contributed by atoms with Crippen LogP contribution in [0.15, 0.2) is 53.1 Å². The maximum Gasteiger partial charge on any atom is 0.255 e. The molecule has 3 aromatic rings. The van der Waals surface area contributed by atoms with E-state index in [1.165, 1.54) is 0 Å². The number of aromatic nitrogens is 2. The molecule has 0 aliphatic heterocycles. The zero-order chi connectivity index (χ0) is 20.8. The molecule has 29 heavy (non-hydrogen) atoms. The lowest BCUT2D eigenvalue weighted by atomic mass is 10.1. The summed E-state index contributed by atoms with van der Waals surface area (Å²) in [5.74, 6) is 1.10. The van der Waals surface area contributed by atoms with Crippen LogP contribution in [0.25, 0.3) is 0 Å². The minimum absolute atomic E-state index is 0.0666. The van der Waals surface area contributed by atoms with E-state index in [2.05, 4.69) is 15.5 Å². The van der Waals surface area contributed by atoms with Gasteiger partial charge in [0.15, 0.2) is 6.61 Å². The summed E-state index contributed by atoms with van der Waals surface area (Å²) in [6, 6.07) is 14.6. The number of carbonyl (C=O) groups is 1. The zero-order valence-electron chi connectivity index (χ0n) is 16.6. The van der Waals surface area contributed by atoms with Crippen LogP contribution in [0.4, 0.5) is 0 Å². The Balaban J connectivity index is 1.69. The third-order valence-electron chi connectivity index (χ3n) is 4.40. The summed E-state index contributed by atoms with van der Waals surface area (Å²) in [6.07, 6.45) is 0. The molecule has 8 heteroatoms. The lowest BCUT2D eigenvalue weighted by molar-refractivity contribution is 0.0937. The molecule has 1 unspecified atom stereocenters. The van der Waals surface area contributed by atoms with E-state index in [-0.39, 0.29) is 18.6 Å². The Morgan fingerprint density at radius 1 is 1.21 bits per heavy atom. The normalized spacial score (nSPS) is 12.0. The molecule has 0 radical (unpaired) electrons. The molecule has 0 fully saturated rings. The Labute approximate surface area is 174 Å². The van der Waals surface area contributed by atoms with E-state index in [0.717, 1.165) is 5.56 Å². The molecule has 1 amide bonds. The Kier molecular flexibility index (Phi) is 6.85. The van der Waals surface area contributed by atoms with Crippen LogP contribution in [0.2, 0.25) is 5.02 Å². The summed E-state index contributed by atoms with van der Waals surface area (Å²) < 4.78 is 10.7. The summed E-state index contributed by atoms with van der Waals surface area (Å²) in [4.78, 5) is 18.9. The summed E-state index contributed by atoms with van der Waals surface area (Å²) in [5, 5.41) is 7.44. The average molecular weight is 415 g/mol. The van der Waals surface area contributed by atoms with Crippen LogP contribution >= 0.6 is 11.6 Å². The fraction of sp³-hybridized carbons (Fsp3) is 0.286. The number of aryl methyl sites for hydroxylation is 1. The third kappa shape index (κ3) is 5.34. The van der Waals surface area contributed by atoms with Gasteiger partial charge in [0.05, 0.1) is 11.6 Å². The topological polar surface area (TPSA) is 80.5 Å². The van der Waals surface area contributed by atoms with Crippen molar-refractivity contribution in [2.75, 3.05) is 20.6 Å². The fourth-order valence-electron chi connectivity index (χ4n) is 2.92. The molecule has 1 N–H and O–H groups in total. The molecule has 0 aliphatic rings. The number of carbonyl (C=O) groups excluding carboxylic acids is 1. The van der Waals surface area contributed by atoms with Crippen LogP contribution in [-0.4, -0.2) is 41.6 Å². The van der Waals surface area contributed by atoms with Gasteiger partial charge >= 0.3 is 0 Å². The first-order valence-corrected chi connectivity index (χ1v) is 9.53. The Bertz CT molecular complexity index is 974. The molecule has 0 spiro atoms. The van der Waals surface area contributed by atoms with E-state index >= 15 is 0 Å². The van der Waals surface area contributed by atoms with Gasteiger partial charge in [-0.3, -0.25) is 4.79 Å². The second kappa shape index (κ2) is 9.54. The number of ether oxygens (including phenoxy) is 1. The van der Waals surface area contributed by atoms with Crippen molar-refractivity contribution in [1.29, 1.82) is 0 Å². The number of halogens is 1. The first kappa shape index (κ1) is 20.8. The van der Waals surface area contributed by atoms with Gasteiger partial charge in [0, 0.05) is 18.5 Å². The zero-order valence-corrected chi connectivity index (χ0v) is 17.3. The minimum Gasteiger partial charge on any atom is -0.485 e. The first-order chi connectivity index (χ1) is 14.0. The number of hydrogen-bond acceptors (Lipinski definition) is 6. The number of likely N-dealkylation sites (N-methyl/N-ethyl adjacent to an activating group) is 1. The van der Waals surface area contributed by atoms with Crippen molar-refractivity contribution >= 4 is 17.5 Å². The Morgan fingerprint density at radius 3 is 2.62 bits per heavy atom. The SMILES string of the molecule is Cc1nc(COc2ccccc2C(=O)NCC(c2ccccc2Cl)N(C)C)no1. The summed E-state index contributed by atoms with van der Waals surface area (Å²) in [6.45, 7) is 2.22. The molecule has 3 rings (SSSR count). The predicted octanol–water partition coefficient (Wildman–Crippen LogP) is 3.64. The van der Waals surface area contributed by atoms with Gasteiger partial charge in [-0.2, -0.15) is 4.98 Å². The number of benzene rings is 2. The van der Waals surface area contributed by atoms with Gasteiger partial charge in [0.25, 0.3) is 5.91 Å². The van der Waals surface area contributed by atoms with Crippen molar-refractivity contribution in [3.63, 3.8) is 0 Å². The smallest absolute Gasteiger partial charge is 0.255 e. The average Bonchev–Trinajstić information content (AvgIpc) is 3.13. The van der Waals surface area contributed by atoms with Crippen molar-refractivity contribution in [2.24, 2.45) is 0 Å². The van der Waals surface area contributed by atoms with Crippen molar-refractivity contribution in [2.45, 2.75) is 19.6 Å². The molecule has 1 heterocycles. The number of nitrogens with one attached hydrogen (secondary N) is 1. The van der Waals surface area contributed by atoms with E-state index in [1.54, 1.807) is 31.2 Å². The number of nitrogens with zero attached hydrogens (tertiary/aromatic N) is 3. The third-order valence-corrected chi connectivity index (χ3v) is 4.75. The predicted molar refractivity (Wildman–Crippen MR) is 110 cm³/mol. The number of rotatable bonds is 8. The van der Waals surface area contributed by atoms with Crippen LogP contribution in [0.1, 0.15) is 33.7 Å². The largest absolute Gasteiger partial charge is 0.485 e. The van der Waals surface area contributed by atoms with Crippen LogP contribution in [-0.2, 0) is 6.61 Å². The lowest BCUT2D eigenvalue weighted by Gasteiger charge is -2.26. The monoisotopic (exact) mass is 414 g/mol. The first-order valence-electron chi connectivity index (χ1n) is 9.15. The van der Waals surface area contributed by atoms with Gasteiger partial charge in [-0.25, -0.2) is 0 Å². The summed E-state index contributed by atoms with van der Waals surface area (Å²) >= 11 is 6.34. The highest BCUT2D eigenvalue weighted by molar-refractivity contribution is 6.31. The highest BCUT2D eigenvalue weighted by Crippen LogP contribution is 2.26. The highest BCUT2D eigenvalue weighted by Gasteiger charge is 2.19. The van der Waals surface area contributed by atoms with E-state index in [0.29, 0.717) is 34.6 Å². The lowest BCUT2D eigenvalue weighted by Crippen LogP contribution is -2.34. The molecule has 0 saturated carbocycles. The van der Waals surface area contributed by atoms with Gasteiger partial charge in [0.2, 0.25) is 11.7 Å². The Hall–Kier alpha value is -2.90. The van der Waals surface area contributed by atoms with E-state index < -0.39 is 0 Å². The highest BCUT2D eigenvalue weighted by atomic mass is 35.5. The van der Waals surface area contributed by atoms with E-state index in [9.17, 15) is 4.79 Å². The molecular formula is C21H23ClN4O3. The maximum atomic E-state index is 12.8. The van der Waals surface area contributed by atoms with Crippen molar-refractivity contribution in [1.82, 2.24) is 20.4 Å². The standard InChI is InChI=1S/C21H23ClN4O3/c1-14-24-20(25-29-14)13-28-19-11-7-5-9-16(19)21(27)23-12-18(26(2)3)15-8-4-6-10-17(15)22/h4-11,18H,12-13H2,1-3H3,(H,23,27). The van der Waals surface area contributed by atoms with Crippen molar-refractivity contribution < 1.29 is 14.1 Å². The van der Waals surface area contributed by atoms with Gasteiger partial charge < -0.3 is 19.5 Å². The summed E-state index contributed by atoms with van der Waals surface area (Å²) in [7, 11) is 3.90. The van der Waals surface area contributed by atoms with Crippen LogP contribution in [0.5, 0.6) is 5.75 Å². The molecular weight excluding hydrogens is 392 g/mol. The van der Waals surface area contributed by atoms with Crippen LogP contribution in [0.3, 0.4) is 0 Å². The van der Waals surface area contributed by atoms with Crippen LogP contribution < -0.4 is 10.1 Å². The molecule has 0 aliphatic carbocycles. The molecule has 2 aromatic carbocycles. The number of amides is 1. The Morgan fingerprint density at radius 2 is 1.93 bits per heavy atom. The van der Waals surface area contributed by atoms with Crippen molar-refractivity contribution in [3.8, 4) is 5.75 Å². The van der Waals surface area contributed by atoms with Crippen LogP contribution in [0, 0.1) is 6.92 Å². The maximum absolute atomic E-state index is 12.8. The fourth-order valence-corrected chi connectivity index (χ4v) is 3.18. The molecule has 152 valence electrons. The molecule has 0 bridgehead atoms. The molecule has 1 atom stereocenters. The number of hydrogen-bond donors (Lipinski definition) is 1. The van der Waals surface area contributed by atoms with Gasteiger partial charge in [-0.05, 0) is 37.9 Å². The van der Waals surface area contributed by atoms with E-state index in [4.69, 9.17) is 20.9 Å². The van der Waals surface area contributed by atoms with E-state index in [1.807, 2.05) is 43.3 Å². The molecule has 7 nitrogen and oxygen atoms in total. The van der Waals surface area contributed by atoms with Gasteiger partial charge in [0.1, 0.15) is 5.75 Å². The number of para-hydroxylation sites is 1. The molecule has 0 saturated heterocycles. The second-order valence-corrected chi connectivity index (χ2v) is 7.13. The quantitative estimate of drug-likeness (QED) is 0.606. The van der Waals surface area contributed by atoms with Crippen molar-refractivity contribution in [3.05, 3.63) is 76.4 Å². The van der Waals surface area contributed by atoms with Gasteiger partial charge in [-0.15, -0.1) is 0 Å². The summed E-state index contributed by atoms with van der Waals surface area (Å²) in [5.41, 5.74) is 1.39. The minimum atomic E-state index is -0.233. The molecule has 1 aromatic heterocycles. The van der Waals surface area contributed by atoms with Gasteiger partial charge in [-0.1, -0.05) is 47.1 Å². The second-order valence-electron chi connectivity index (χ2n) is 6.73.